The summed E-state index contributed by atoms with van der Waals surface area (Å²) in [5, 5.41) is 4.40. The fourth-order valence-electron chi connectivity index (χ4n) is 1.26. The van der Waals surface area contributed by atoms with Crippen molar-refractivity contribution in [2.24, 2.45) is 0 Å². The van der Waals surface area contributed by atoms with E-state index >= 15 is 0 Å². The van der Waals surface area contributed by atoms with Crippen LogP contribution in [-0.2, 0) is 10.3 Å². The first kappa shape index (κ1) is 12.6. The highest BCUT2D eigenvalue weighted by molar-refractivity contribution is 7.11. The zero-order chi connectivity index (χ0) is 11.5. The van der Waals surface area contributed by atoms with Gasteiger partial charge in [0.25, 0.3) is 0 Å². The summed E-state index contributed by atoms with van der Waals surface area (Å²) in [6, 6.07) is 0. The molecule has 3 nitrogen and oxygen atoms in total. The number of thiazole rings is 1. The highest BCUT2D eigenvalue weighted by Gasteiger charge is 2.28. The van der Waals surface area contributed by atoms with Gasteiger partial charge in [0.15, 0.2) is 0 Å². The Labute approximate surface area is 95.9 Å². The van der Waals surface area contributed by atoms with Crippen LogP contribution in [0.15, 0.2) is 0 Å². The lowest BCUT2D eigenvalue weighted by Gasteiger charge is -2.26. The van der Waals surface area contributed by atoms with Crippen molar-refractivity contribution in [3.63, 3.8) is 0 Å². The number of hydrogen-bond acceptors (Lipinski definition) is 4. The smallest absolute Gasteiger partial charge is 0.115 e. The Kier molecular flexibility index (Phi) is 4.25. The summed E-state index contributed by atoms with van der Waals surface area (Å²) >= 11 is 1.74. The molecule has 86 valence electrons. The molecule has 0 spiro atoms. The van der Waals surface area contributed by atoms with Crippen molar-refractivity contribution in [3.8, 4) is 0 Å². The van der Waals surface area contributed by atoms with E-state index in [2.05, 4.69) is 24.1 Å². The van der Waals surface area contributed by atoms with Gasteiger partial charge in [0, 0.05) is 11.5 Å². The largest absolute Gasteiger partial charge is 0.379 e. The van der Waals surface area contributed by atoms with Gasteiger partial charge >= 0.3 is 0 Å². The Morgan fingerprint density at radius 1 is 1.47 bits per heavy atom. The topological polar surface area (TPSA) is 34.1 Å². The number of hydrogen-bond donors (Lipinski definition) is 1. The van der Waals surface area contributed by atoms with E-state index in [1.807, 2.05) is 20.9 Å². The Morgan fingerprint density at radius 2 is 2.13 bits per heavy atom. The van der Waals surface area contributed by atoms with E-state index in [1.54, 1.807) is 11.3 Å². The molecule has 0 bridgehead atoms. The van der Waals surface area contributed by atoms with Crippen LogP contribution in [0.1, 0.15) is 29.4 Å². The maximum Gasteiger partial charge on any atom is 0.115 e. The first-order valence-corrected chi connectivity index (χ1v) is 6.06. The third-order valence-corrected chi connectivity index (χ3v) is 3.98. The van der Waals surface area contributed by atoms with Gasteiger partial charge in [-0.1, -0.05) is 0 Å². The van der Waals surface area contributed by atoms with E-state index in [0.29, 0.717) is 6.61 Å². The maximum absolute atomic E-state index is 5.50. The van der Waals surface area contributed by atoms with Gasteiger partial charge in [-0.25, -0.2) is 4.98 Å². The summed E-state index contributed by atoms with van der Waals surface area (Å²) in [6.07, 6.45) is 0. The highest BCUT2D eigenvalue weighted by Crippen LogP contribution is 2.27. The molecule has 1 atom stereocenters. The van der Waals surface area contributed by atoms with Crippen molar-refractivity contribution in [2.75, 3.05) is 20.3 Å². The van der Waals surface area contributed by atoms with Gasteiger partial charge in [-0.2, -0.15) is 0 Å². The Morgan fingerprint density at radius 3 is 2.53 bits per heavy atom. The van der Waals surface area contributed by atoms with E-state index in [0.717, 1.165) is 17.3 Å². The van der Waals surface area contributed by atoms with Gasteiger partial charge in [0.2, 0.25) is 0 Å². The minimum atomic E-state index is -0.167. The van der Waals surface area contributed by atoms with Crippen molar-refractivity contribution < 1.29 is 4.74 Å². The zero-order valence-corrected chi connectivity index (χ0v) is 11.0. The van der Waals surface area contributed by atoms with Crippen LogP contribution < -0.4 is 5.32 Å². The molecule has 15 heavy (non-hydrogen) atoms. The summed E-state index contributed by atoms with van der Waals surface area (Å²) in [6.45, 7) is 9.68. The molecule has 0 amide bonds. The van der Waals surface area contributed by atoms with Crippen LogP contribution in [0.25, 0.3) is 0 Å². The van der Waals surface area contributed by atoms with Crippen LogP contribution >= 0.6 is 11.3 Å². The molecule has 0 fully saturated rings. The monoisotopic (exact) mass is 228 g/mol. The number of nitrogens with one attached hydrogen (secondary N) is 1. The van der Waals surface area contributed by atoms with E-state index in [9.17, 15) is 0 Å². The minimum Gasteiger partial charge on any atom is -0.379 e. The van der Waals surface area contributed by atoms with Crippen molar-refractivity contribution in [1.82, 2.24) is 10.3 Å². The summed E-state index contributed by atoms with van der Waals surface area (Å²) in [5.74, 6) is 0. The highest BCUT2D eigenvalue weighted by atomic mass is 32.1. The molecule has 0 saturated heterocycles. The fourth-order valence-corrected chi connectivity index (χ4v) is 2.31. The third kappa shape index (κ3) is 2.77. The van der Waals surface area contributed by atoms with Crippen LogP contribution in [0.2, 0.25) is 0 Å². The summed E-state index contributed by atoms with van der Waals surface area (Å²) < 4.78 is 5.50. The number of aryl methyl sites for hydroxylation is 2. The van der Waals surface area contributed by atoms with Gasteiger partial charge in [0.05, 0.1) is 17.8 Å². The predicted octanol–water partition coefficient (Wildman–Crippen LogP) is 2.23. The average Bonchev–Trinajstić information content (AvgIpc) is 2.56. The fraction of sp³-hybridized carbons (Fsp3) is 0.727. The summed E-state index contributed by atoms with van der Waals surface area (Å²) in [4.78, 5) is 5.86. The zero-order valence-electron chi connectivity index (χ0n) is 10.2. The lowest BCUT2D eigenvalue weighted by molar-refractivity contribution is 0.0868. The molecule has 0 aliphatic rings. The third-order valence-electron chi connectivity index (χ3n) is 2.65. The lowest BCUT2D eigenvalue weighted by Crippen LogP contribution is -2.41. The first-order valence-electron chi connectivity index (χ1n) is 5.24. The number of ether oxygens (including phenoxy) is 1. The number of rotatable bonds is 5. The molecule has 4 heteroatoms. The number of aromatic nitrogens is 1. The minimum absolute atomic E-state index is 0.167. The Bertz CT molecular complexity index is 305. The van der Waals surface area contributed by atoms with Crippen LogP contribution in [0, 0.1) is 13.8 Å². The van der Waals surface area contributed by atoms with Crippen molar-refractivity contribution in [3.05, 3.63) is 15.6 Å². The van der Waals surface area contributed by atoms with Gasteiger partial charge in [-0.05, 0) is 34.7 Å². The molecular formula is C11H20N2OS. The average molecular weight is 228 g/mol. The van der Waals surface area contributed by atoms with E-state index < -0.39 is 0 Å². The standard InChI is InChI=1S/C11H20N2OS/c1-6-14-7-11(4,12-5)10-13-8(2)9(3)15-10/h12H,6-7H2,1-5H3. The molecule has 1 rings (SSSR count). The Hall–Kier alpha value is -0.450. The second-order valence-corrected chi connectivity index (χ2v) is 5.08. The van der Waals surface area contributed by atoms with E-state index in [1.165, 1.54) is 4.88 Å². The second-order valence-electron chi connectivity index (χ2n) is 3.88. The quantitative estimate of drug-likeness (QED) is 0.839. The molecule has 1 N–H and O–H groups in total. The Balaban J connectivity index is 2.89. The lowest BCUT2D eigenvalue weighted by atomic mass is 10.1. The van der Waals surface area contributed by atoms with Crippen molar-refractivity contribution >= 4 is 11.3 Å². The molecular weight excluding hydrogens is 208 g/mol. The predicted molar refractivity (Wildman–Crippen MR) is 64.5 cm³/mol. The molecule has 1 heterocycles. The molecule has 1 unspecified atom stereocenters. The van der Waals surface area contributed by atoms with Crippen LogP contribution in [0.5, 0.6) is 0 Å². The molecule has 1 aromatic heterocycles. The van der Waals surface area contributed by atoms with Gasteiger partial charge in [-0.3, -0.25) is 0 Å². The van der Waals surface area contributed by atoms with Crippen LogP contribution in [0.4, 0.5) is 0 Å². The van der Waals surface area contributed by atoms with Gasteiger partial charge in [0.1, 0.15) is 5.01 Å². The molecule has 0 aromatic carbocycles. The van der Waals surface area contributed by atoms with Crippen molar-refractivity contribution in [2.45, 2.75) is 33.2 Å². The van der Waals surface area contributed by atoms with Crippen molar-refractivity contribution in [1.29, 1.82) is 0 Å². The number of likely N-dealkylation sites (N-methyl/N-ethyl adjacent to an activating group) is 1. The van der Waals surface area contributed by atoms with Crippen LogP contribution in [0.3, 0.4) is 0 Å². The second kappa shape index (κ2) is 5.05. The molecule has 0 radical (unpaired) electrons. The SMILES string of the molecule is CCOCC(C)(NC)c1nc(C)c(C)s1. The van der Waals surface area contributed by atoms with E-state index in [4.69, 9.17) is 4.74 Å². The molecule has 0 aliphatic carbocycles. The summed E-state index contributed by atoms with van der Waals surface area (Å²) in [5.41, 5.74) is 0.952. The summed E-state index contributed by atoms with van der Waals surface area (Å²) in [7, 11) is 1.95. The van der Waals surface area contributed by atoms with E-state index in [-0.39, 0.29) is 5.54 Å². The van der Waals surface area contributed by atoms with Gasteiger partial charge in [-0.15, -0.1) is 11.3 Å². The molecule has 0 saturated carbocycles. The van der Waals surface area contributed by atoms with Gasteiger partial charge < -0.3 is 10.1 Å². The first-order chi connectivity index (χ1) is 7.03. The maximum atomic E-state index is 5.50. The number of nitrogens with zero attached hydrogens (tertiary/aromatic N) is 1. The normalized spacial score (nSPS) is 15.3. The molecule has 0 aliphatic heterocycles. The van der Waals surface area contributed by atoms with Crippen LogP contribution in [-0.4, -0.2) is 25.2 Å². The molecule has 1 aromatic rings.